The molecule has 2 heterocycles. The third-order valence-corrected chi connectivity index (χ3v) is 2.71. The Hall–Kier alpha value is -2.02. The third kappa shape index (κ3) is 2.23. The van der Waals surface area contributed by atoms with Gasteiger partial charge in [0.15, 0.2) is 5.78 Å². The molecule has 0 bridgehead atoms. The highest BCUT2D eigenvalue weighted by atomic mass is 32.1. The molecule has 0 N–H and O–H groups in total. The molecule has 0 saturated carbocycles. The number of fused-ring (bicyclic) bond motifs is 1. The number of aromatic nitrogens is 3. The first kappa shape index (κ1) is 11.5. The van der Waals surface area contributed by atoms with Crippen molar-refractivity contribution in [2.24, 2.45) is 0 Å². The summed E-state index contributed by atoms with van der Waals surface area (Å²) in [5.41, 5.74) is 1.09. The molecule has 0 aromatic carbocycles. The van der Waals surface area contributed by atoms with Gasteiger partial charge in [-0.25, -0.2) is 4.98 Å². The Morgan fingerprint density at radius 2 is 2.29 bits per heavy atom. The fourth-order valence-electron chi connectivity index (χ4n) is 1.21. The molecular weight excluding hydrogens is 240 g/mol. The quantitative estimate of drug-likeness (QED) is 0.583. The van der Waals surface area contributed by atoms with Gasteiger partial charge in [-0.3, -0.25) is 9.59 Å². The molecule has 2 aromatic heterocycles. The van der Waals surface area contributed by atoms with Crippen LogP contribution in [0.4, 0.5) is 0 Å². The molecule has 0 amide bonds. The Morgan fingerprint density at radius 1 is 1.53 bits per heavy atom. The van der Waals surface area contributed by atoms with Crippen molar-refractivity contribution < 1.29 is 4.79 Å². The van der Waals surface area contributed by atoms with E-state index in [1.165, 1.54) is 29.1 Å². The molecule has 2 aromatic rings. The van der Waals surface area contributed by atoms with Crippen LogP contribution in [0.3, 0.4) is 0 Å². The minimum Gasteiger partial charge on any atom is -0.383 e. The first-order valence-corrected chi connectivity index (χ1v) is 5.68. The van der Waals surface area contributed by atoms with Crippen LogP contribution in [0.15, 0.2) is 28.8 Å². The standard InChI is InChI=1S/C10H10N4O2S/c1-13(2)4-3-8(15)7-5-11-10-14(9(7)16)12-6-17-10/h3-6H,1-2H3. The lowest BCUT2D eigenvalue weighted by molar-refractivity contribution is 0.104. The third-order valence-electron chi connectivity index (χ3n) is 2.02. The summed E-state index contributed by atoms with van der Waals surface area (Å²) in [6.45, 7) is 0. The van der Waals surface area contributed by atoms with Gasteiger partial charge >= 0.3 is 0 Å². The minimum absolute atomic E-state index is 0.0199. The number of rotatable bonds is 3. The van der Waals surface area contributed by atoms with Crippen molar-refractivity contribution >= 4 is 22.1 Å². The Bertz CT molecular complexity index is 641. The van der Waals surface area contributed by atoms with E-state index in [1.807, 2.05) is 0 Å². The van der Waals surface area contributed by atoms with E-state index in [0.29, 0.717) is 4.96 Å². The summed E-state index contributed by atoms with van der Waals surface area (Å²) in [4.78, 5) is 29.8. The highest BCUT2D eigenvalue weighted by Gasteiger charge is 2.11. The van der Waals surface area contributed by atoms with Gasteiger partial charge in [-0.15, -0.1) is 0 Å². The van der Waals surface area contributed by atoms with Gasteiger partial charge in [0.25, 0.3) is 5.56 Å². The maximum atomic E-state index is 11.9. The van der Waals surface area contributed by atoms with Crippen molar-refractivity contribution in [1.29, 1.82) is 0 Å². The predicted molar refractivity (Wildman–Crippen MR) is 64.3 cm³/mol. The maximum Gasteiger partial charge on any atom is 0.286 e. The second-order valence-corrected chi connectivity index (χ2v) is 4.37. The highest BCUT2D eigenvalue weighted by molar-refractivity contribution is 7.14. The number of hydrogen-bond acceptors (Lipinski definition) is 6. The molecule has 2 rings (SSSR count). The average Bonchev–Trinajstić information content (AvgIpc) is 2.75. The molecule has 0 spiro atoms. The summed E-state index contributed by atoms with van der Waals surface area (Å²) in [6, 6.07) is 0. The van der Waals surface area contributed by atoms with E-state index in [1.54, 1.807) is 25.2 Å². The Balaban J connectivity index is 2.46. The second-order valence-electron chi connectivity index (χ2n) is 3.55. The smallest absolute Gasteiger partial charge is 0.286 e. The van der Waals surface area contributed by atoms with Crippen LogP contribution in [0, 0.1) is 0 Å². The summed E-state index contributed by atoms with van der Waals surface area (Å²) in [5, 5.41) is 3.83. The SMILES string of the molecule is CN(C)C=CC(=O)c1cnc2scnn2c1=O. The molecule has 6 nitrogen and oxygen atoms in total. The van der Waals surface area contributed by atoms with Gasteiger partial charge in [0.05, 0.1) is 0 Å². The van der Waals surface area contributed by atoms with Crippen molar-refractivity contribution in [2.45, 2.75) is 0 Å². The molecule has 7 heteroatoms. The topological polar surface area (TPSA) is 67.6 Å². The molecule has 0 unspecified atom stereocenters. The number of carbonyl (C=O) groups is 1. The molecule has 0 fully saturated rings. The van der Waals surface area contributed by atoms with E-state index in [-0.39, 0.29) is 11.3 Å². The number of allylic oxidation sites excluding steroid dienone is 1. The monoisotopic (exact) mass is 250 g/mol. The zero-order chi connectivity index (χ0) is 12.4. The van der Waals surface area contributed by atoms with Crippen molar-refractivity contribution in [1.82, 2.24) is 19.5 Å². The fraction of sp³-hybridized carbons (Fsp3) is 0.200. The lowest BCUT2D eigenvalue weighted by Gasteiger charge is -2.02. The van der Waals surface area contributed by atoms with E-state index < -0.39 is 5.56 Å². The van der Waals surface area contributed by atoms with Crippen LogP contribution in [-0.4, -0.2) is 39.4 Å². The number of ketones is 1. The Labute approximate surface area is 101 Å². The summed E-state index contributed by atoms with van der Waals surface area (Å²) >= 11 is 1.24. The molecule has 0 atom stereocenters. The van der Waals surface area contributed by atoms with E-state index in [0.717, 1.165) is 4.52 Å². The van der Waals surface area contributed by atoms with E-state index >= 15 is 0 Å². The maximum absolute atomic E-state index is 11.9. The van der Waals surface area contributed by atoms with Gasteiger partial charge in [-0.1, -0.05) is 11.3 Å². The molecule has 0 radical (unpaired) electrons. The van der Waals surface area contributed by atoms with Gasteiger partial charge in [-0.2, -0.15) is 9.61 Å². The molecular formula is C10H10N4O2S. The van der Waals surface area contributed by atoms with Crippen LogP contribution in [-0.2, 0) is 0 Å². The van der Waals surface area contributed by atoms with Gasteiger partial charge in [0.2, 0.25) is 4.96 Å². The number of nitrogens with zero attached hydrogens (tertiary/aromatic N) is 4. The van der Waals surface area contributed by atoms with Gasteiger partial charge in [0, 0.05) is 32.6 Å². The Morgan fingerprint density at radius 3 is 3.00 bits per heavy atom. The van der Waals surface area contributed by atoms with Crippen molar-refractivity contribution in [3.63, 3.8) is 0 Å². The number of carbonyl (C=O) groups excluding carboxylic acids is 1. The lowest BCUT2D eigenvalue weighted by atomic mass is 10.2. The van der Waals surface area contributed by atoms with Gasteiger partial charge < -0.3 is 4.90 Å². The predicted octanol–water partition coefficient (Wildman–Crippen LogP) is 0.409. The summed E-state index contributed by atoms with van der Waals surface area (Å²) in [5.74, 6) is -0.376. The summed E-state index contributed by atoms with van der Waals surface area (Å²) in [7, 11) is 3.58. The second kappa shape index (κ2) is 4.46. The molecule has 0 aliphatic carbocycles. The average molecular weight is 250 g/mol. The first-order chi connectivity index (χ1) is 8.09. The van der Waals surface area contributed by atoms with Gasteiger partial charge in [0.1, 0.15) is 11.1 Å². The van der Waals surface area contributed by atoms with Crippen LogP contribution in [0.25, 0.3) is 4.96 Å². The normalized spacial score (nSPS) is 11.2. The lowest BCUT2D eigenvalue weighted by Crippen LogP contribution is -2.22. The zero-order valence-electron chi connectivity index (χ0n) is 9.32. The fourth-order valence-corrected chi connectivity index (χ4v) is 1.79. The van der Waals surface area contributed by atoms with Crippen LogP contribution in [0.2, 0.25) is 0 Å². The van der Waals surface area contributed by atoms with Crippen molar-refractivity contribution in [3.8, 4) is 0 Å². The van der Waals surface area contributed by atoms with Crippen molar-refractivity contribution in [2.75, 3.05) is 14.1 Å². The van der Waals surface area contributed by atoms with Crippen LogP contribution in [0.5, 0.6) is 0 Å². The van der Waals surface area contributed by atoms with Crippen LogP contribution >= 0.6 is 11.3 Å². The van der Waals surface area contributed by atoms with Gasteiger partial charge in [-0.05, 0) is 0 Å². The van der Waals surface area contributed by atoms with E-state index in [9.17, 15) is 9.59 Å². The van der Waals surface area contributed by atoms with Crippen molar-refractivity contribution in [3.05, 3.63) is 39.9 Å². The zero-order valence-corrected chi connectivity index (χ0v) is 10.1. The summed E-state index contributed by atoms with van der Waals surface area (Å²) < 4.78 is 1.13. The minimum atomic E-state index is -0.440. The van der Waals surface area contributed by atoms with Crippen LogP contribution < -0.4 is 5.56 Å². The molecule has 17 heavy (non-hydrogen) atoms. The Kier molecular flexibility index (Phi) is 3.01. The molecule has 0 saturated heterocycles. The van der Waals surface area contributed by atoms with E-state index in [2.05, 4.69) is 10.1 Å². The molecule has 88 valence electrons. The number of hydrogen-bond donors (Lipinski definition) is 0. The first-order valence-electron chi connectivity index (χ1n) is 4.80. The van der Waals surface area contributed by atoms with E-state index in [4.69, 9.17) is 0 Å². The largest absolute Gasteiger partial charge is 0.383 e. The highest BCUT2D eigenvalue weighted by Crippen LogP contribution is 2.03. The molecule has 0 aliphatic heterocycles. The van der Waals surface area contributed by atoms with Crippen LogP contribution in [0.1, 0.15) is 10.4 Å². The summed E-state index contributed by atoms with van der Waals surface area (Å²) in [6.07, 6.45) is 4.20. The molecule has 0 aliphatic rings.